The van der Waals surface area contributed by atoms with Crippen LogP contribution in [0.3, 0.4) is 0 Å². The van der Waals surface area contributed by atoms with Gasteiger partial charge in [-0.05, 0) is 37.5 Å². The van der Waals surface area contributed by atoms with Crippen molar-refractivity contribution in [3.05, 3.63) is 35.6 Å². The number of hydrogen-bond acceptors (Lipinski definition) is 6. The highest BCUT2D eigenvalue weighted by Gasteiger charge is 2.32. The molecule has 1 aromatic carbocycles. The summed E-state index contributed by atoms with van der Waals surface area (Å²) < 4.78 is 20.2. The summed E-state index contributed by atoms with van der Waals surface area (Å²) in [5.74, 6) is -0.175. The second kappa shape index (κ2) is 9.28. The fraction of sp³-hybridized carbons (Fsp3) is 0.522. The van der Waals surface area contributed by atoms with Crippen LogP contribution in [-0.4, -0.2) is 48.1 Å². The van der Waals surface area contributed by atoms with Crippen molar-refractivity contribution >= 4 is 28.5 Å². The van der Waals surface area contributed by atoms with Crippen LogP contribution in [0.5, 0.6) is 0 Å². The van der Waals surface area contributed by atoms with E-state index in [1.807, 2.05) is 4.90 Å². The molecule has 2 unspecified atom stereocenters. The van der Waals surface area contributed by atoms with Crippen LogP contribution >= 0.6 is 0 Å². The zero-order chi connectivity index (χ0) is 22.0. The van der Waals surface area contributed by atoms with Crippen molar-refractivity contribution < 1.29 is 13.9 Å². The van der Waals surface area contributed by atoms with Gasteiger partial charge in [-0.3, -0.25) is 10.2 Å². The lowest BCUT2D eigenvalue weighted by Crippen LogP contribution is -2.53. The maximum Gasteiger partial charge on any atom is 0.222 e. The van der Waals surface area contributed by atoms with E-state index in [1.54, 1.807) is 12.1 Å². The summed E-state index contributed by atoms with van der Waals surface area (Å²) in [6, 6.07) is 6.10. The first-order valence-corrected chi connectivity index (χ1v) is 11.0. The lowest BCUT2D eigenvalue weighted by atomic mass is 9.96. The Morgan fingerprint density at radius 3 is 2.77 bits per heavy atom. The van der Waals surface area contributed by atoms with Gasteiger partial charge in [0, 0.05) is 37.5 Å². The highest BCUT2D eigenvalue weighted by atomic mass is 19.1. The number of amides is 1. The molecule has 1 saturated heterocycles. The molecule has 166 valence electrons. The molecular formula is C23H30FN5O2. The number of aromatic nitrogens is 1. The number of nitrogens with two attached hydrogens (primary N) is 1. The molecule has 0 radical (unpaired) electrons. The monoisotopic (exact) mass is 427 g/mol. The van der Waals surface area contributed by atoms with Gasteiger partial charge < -0.3 is 20.7 Å². The van der Waals surface area contributed by atoms with Crippen molar-refractivity contribution in [2.24, 2.45) is 5.73 Å². The largest absolute Gasteiger partial charge is 0.372 e. The number of carbonyl (C=O) groups is 1. The first-order valence-electron chi connectivity index (χ1n) is 11.0. The molecule has 31 heavy (non-hydrogen) atoms. The average Bonchev–Trinajstić information content (AvgIpc) is 2.74. The van der Waals surface area contributed by atoms with Crippen LogP contribution in [0.4, 0.5) is 10.2 Å². The number of ether oxygens (including phenoxy) is 1. The van der Waals surface area contributed by atoms with Gasteiger partial charge in [-0.1, -0.05) is 19.3 Å². The van der Waals surface area contributed by atoms with E-state index in [0.717, 1.165) is 19.3 Å². The molecule has 4 N–H and O–H groups in total. The van der Waals surface area contributed by atoms with Gasteiger partial charge in [0.2, 0.25) is 5.91 Å². The summed E-state index contributed by atoms with van der Waals surface area (Å²) in [4.78, 5) is 18.3. The number of hydrogen-bond donors (Lipinski definition) is 3. The van der Waals surface area contributed by atoms with Gasteiger partial charge in [0.1, 0.15) is 17.5 Å². The van der Waals surface area contributed by atoms with E-state index < -0.39 is 0 Å². The molecule has 7 nitrogen and oxygen atoms in total. The van der Waals surface area contributed by atoms with Crippen LogP contribution in [0.1, 0.15) is 51.0 Å². The maximum atomic E-state index is 13.8. The molecule has 2 aliphatic rings. The van der Waals surface area contributed by atoms with Gasteiger partial charge in [0.15, 0.2) is 0 Å². The minimum Gasteiger partial charge on any atom is -0.372 e. The number of fused-ring (bicyclic) bond motifs is 1. The van der Waals surface area contributed by atoms with Gasteiger partial charge in [0.25, 0.3) is 0 Å². The van der Waals surface area contributed by atoms with E-state index >= 15 is 0 Å². The van der Waals surface area contributed by atoms with E-state index in [1.165, 1.54) is 38.3 Å². The number of nitrogens with one attached hydrogen (secondary N) is 2. The Morgan fingerprint density at radius 2 is 2.03 bits per heavy atom. The molecule has 1 saturated carbocycles. The molecule has 1 amide bonds. The van der Waals surface area contributed by atoms with Gasteiger partial charge >= 0.3 is 0 Å². The number of piperidine rings is 1. The van der Waals surface area contributed by atoms with Gasteiger partial charge in [-0.2, -0.15) is 0 Å². The number of carbonyl (C=O) groups excluding carboxylic acids is 1. The third kappa shape index (κ3) is 5.02. The molecule has 0 bridgehead atoms. The number of rotatable bonds is 4. The molecule has 1 aliphatic heterocycles. The van der Waals surface area contributed by atoms with Crippen molar-refractivity contribution in [3.8, 4) is 0 Å². The first-order chi connectivity index (χ1) is 14.9. The Hall–Kier alpha value is -2.58. The Kier molecular flexibility index (Phi) is 6.48. The molecular weight excluding hydrogens is 397 g/mol. The summed E-state index contributed by atoms with van der Waals surface area (Å²) >= 11 is 0. The van der Waals surface area contributed by atoms with E-state index in [0.29, 0.717) is 35.4 Å². The number of pyridine rings is 1. The summed E-state index contributed by atoms with van der Waals surface area (Å²) in [5, 5.41) is 11.7. The van der Waals surface area contributed by atoms with Crippen LogP contribution < -0.4 is 16.0 Å². The highest BCUT2D eigenvalue weighted by molar-refractivity contribution is 6.10. The second-order valence-corrected chi connectivity index (χ2v) is 8.59. The lowest BCUT2D eigenvalue weighted by molar-refractivity contribution is -0.117. The van der Waals surface area contributed by atoms with E-state index in [2.05, 4.69) is 5.32 Å². The topological polar surface area (TPSA) is 104 Å². The number of anilines is 1. The normalized spacial score (nSPS) is 22.5. The van der Waals surface area contributed by atoms with Crippen molar-refractivity contribution in [1.29, 1.82) is 5.41 Å². The van der Waals surface area contributed by atoms with Crippen molar-refractivity contribution in [2.75, 3.05) is 18.0 Å². The standard InChI is InChI=1S/C23H30FN5O2/c1-14(30)27-22(26)18-11-15-7-8-16(24)12-20(15)28-23(18)29-10-9-19(25)21(13-29)31-17-5-3-2-4-6-17/h7-8,11-12,17,19,21H,2-6,9-10,13,25H2,1H3,(H2,26,27,30). The molecule has 0 spiro atoms. The van der Waals surface area contributed by atoms with Crippen molar-refractivity contribution in [3.63, 3.8) is 0 Å². The van der Waals surface area contributed by atoms with Gasteiger partial charge in [0.05, 0.1) is 23.3 Å². The molecule has 1 aromatic heterocycles. The summed E-state index contributed by atoms with van der Waals surface area (Å²) in [6.07, 6.45) is 6.59. The van der Waals surface area contributed by atoms with Crippen molar-refractivity contribution in [2.45, 2.75) is 63.7 Å². The predicted molar refractivity (Wildman–Crippen MR) is 119 cm³/mol. The fourth-order valence-corrected chi connectivity index (χ4v) is 4.52. The Morgan fingerprint density at radius 1 is 1.26 bits per heavy atom. The molecule has 2 fully saturated rings. The molecule has 2 aromatic rings. The minimum absolute atomic E-state index is 0.0270. The van der Waals surface area contributed by atoms with Crippen LogP contribution in [0.25, 0.3) is 10.9 Å². The van der Waals surface area contributed by atoms with E-state index in [4.69, 9.17) is 20.9 Å². The highest BCUT2D eigenvalue weighted by Crippen LogP contribution is 2.29. The van der Waals surface area contributed by atoms with Crippen molar-refractivity contribution in [1.82, 2.24) is 10.3 Å². The number of halogens is 1. The Bertz CT molecular complexity index is 976. The minimum atomic E-state index is -0.366. The quantitative estimate of drug-likeness (QED) is 0.514. The average molecular weight is 428 g/mol. The Balaban J connectivity index is 1.65. The zero-order valence-electron chi connectivity index (χ0n) is 17.9. The number of benzene rings is 1. The van der Waals surface area contributed by atoms with Crippen LogP contribution in [0, 0.1) is 11.2 Å². The van der Waals surface area contributed by atoms with Gasteiger partial charge in [-0.15, -0.1) is 0 Å². The SMILES string of the molecule is CC(=O)NC(=N)c1cc2ccc(F)cc2nc1N1CCC(N)C(OC2CCCCC2)C1. The van der Waals surface area contributed by atoms with E-state index in [-0.39, 0.29) is 35.8 Å². The zero-order valence-corrected chi connectivity index (χ0v) is 17.9. The van der Waals surface area contributed by atoms with Crippen LogP contribution in [0.2, 0.25) is 0 Å². The van der Waals surface area contributed by atoms with Crippen LogP contribution in [-0.2, 0) is 9.53 Å². The second-order valence-electron chi connectivity index (χ2n) is 8.59. The third-order valence-corrected chi connectivity index (χ3v) is 6.16. The molecule has 4 rings (SSSR count). The maximum absolute atomic E-state index is 13.8. The smallest absolute Gasteiger partial charge is 0.222 e. The molecule has 8 heteroatoms. The van der Waals surface area contributed by atoms with Gasteiger partial charge in [-0.25, -0.2) is 9.37 Å². The molecule has 1 aliphatic carbocycles. The van der Waals surface area contributed by atoms with E-state index in [9.17, 15) is 9.18 Å². The summed E-state index contributed by atoms with van der Waals surface area (Å²) in [5.41, 5.74) is 7.40. The lowest BCUT2D eigenvalue weighted by Gasteiger charge is -2.40. The molecule has 2 atom stereocenters. The fourth-order valence-electron chi connectivity index (χ4n) is 4.52. The molecule has 2 heterocycles. The third-order valence-electron chi connectivity index (χ3n) is 6.16. The van der Waals surface area contributed by atoms with Crippen LogP contribution in [0.15, 0.2) is 24.3 Å². The summed E-state index contributed by atoms with van der Waals surface area (Å²) in [6.45, 7) is 2.57. The first kappa shape index (κ1) is 21.6. The number of nitrogens with zero attached hydrogens (tertiary/aromatic N) is 2. The Labute approximate surface area is 181 Å². The summed E-state index contributed by atoms with van der Waals surface area (Å²) in [7, 11) is 0. The predicted octanol–water partition coefficient (Wildman–Crippen LogP) is 3.09. The number of amidine groups is 1.